The molecule has 150 valence electrons. The van der Waals surface area contributed by atoms with Gasteiger partial charge < -0.3 is 9.51 Å². The predicted molar refractivity (Wildman–Crippen MR) is 108 cm³/mol. The molecular formula is C20H22N6O3. The van der Waals surface area contributed by atoms with Gasteiger partial charge in [-0.15, -0.1) is 0 Å². The van der Waals surface area contributed by atoms with Crippen LogP contribution in [0.5, 0.6) is 0 Å². The minimum atomic E-state index is -0.334. The zero-order valence-electron chi connectivity index (χ0n) is 16.4. The van der Waals surface area contributed by atoms with Crippen LogP contribution in [-0.2, 0) is 19.5 Å². The molecule has 1 N–H and O–H groups in total. The van der Waals surface area contributed by atoms with E-state index in [2.05, 4.69) is 20.1 Å². The van der Waals surface area contributed by atoms with Gasteiger partial charge in [0.1, 0.15) is 11.3 Å². The average molecular weight is 394 g/mol. The lowest BCUT2D eigenvalue weighted by atomic mass is 10.2. The van der Waals surface area contributed by atoms with Crippen LogP contribution in [0.4, 0.5) is 0 Å². The number of unbranched alkanes of at least 4 members (excludes halogenated alkanes) is 1. The van der Waals surface area contributed by atoms with E-state index in [1.807, 2.05) is 37.3 Å². The molecule has 0 amide bonds. The van der Waals surface area contributed by atoms with Gasteiger partial charge in [-0.2, -0.15) is 4.98 Å². The first kappa shape index (κ1) is 18.9. The van der Waals surface area contributed by atoms with Gasteiger partial charge in [-0.3, -0.25) is 13.9 Å². The summed E-state index contributed by atoms with van der Waals surface area (Å²) in [6.45, 7) is 4.40. The highest BCUT2D eigenvalue weighted by atomic mass is 16.5. The third-order valence-corrected chi connectivity index (χ3v) is 4.82. The highest BCUT2D eigenvalue weighted by Gasteiger charge is 2.15. The number of nitrogens with one attached hydrogen (secondary N) is 1. The Morgan fingerprint density at radius 2 is 1.86 bits per heavy atom. The van der Waals surface area contributed by atoms with Crippen molar-refractivity contribution in [2.45, 2.75) is 46.2 Å². The molecule has 0 aliphatic rings. The fraction of sp³-hybridized carbons (Fsp3) is 0.350. The number of imidazole rings is 1. The lowest BCUT2D eigenvalue weighted by Gasteiger charge is -2.09. The van der Waals surface area contributed by atoms with E-state index < -0.39 is 0 Å². The highest BCUT2D eigenvalue weighted by molar-refractivity contribution is 5.69. The molecule has 29 heavy (non-hydrogen) atoms. The number of aryl methyl sites for hydroxylation is 3. The van der Waals surface area contributed by atoms with Crippen molar-refractivity contribution >= 4 is 11.2 Å². The number of rotatable bonds is 7. The van der Waals surface area contributed by atoms with Crippen LogP contribution in [0.15, 0.2) is 44.4 Å². The molecule has 0 aliphatic heterocycles. The number of hydrogen-bond acceptors (Lipinski definition) is 6. The summed E-state index contributed by atoms with van der Waals surface area (Å²) in [5.74, 6) is 1.71. The Morgan fingerprint density at radius 1 is 1.07 bits per heavy atom. The minimum Gasteiger partial charge on any atom is -0.339 e. The van der Waals surface area contributed by atoms with Gasteiger partial charge >= 0.3 is 5.69 Å². The van der Waals surface area contributed by atoms with Crippen molar-refractivity contribution in [3.05, 3.63) is 62.9 Å². The molecule has 0 spiro atoms. The first-order valence-corrected chi connectivity index (χ1v) is 9.66. The Morgan fingerprint density at radius 3 is 2.62 bits per heavy atom. The van der Waals surface area contributed by atoms with Crippen molar-refractivity contribution in [3.63, 3.8) is 0 Å². The zero-order valence-corrected chi connectivity index (χ0v) is 16.4. The molecule has 0 aliphatic carbocycles. The standard InChI is InChI=1S/C20H22N6O3/c1-3-25-18-16(21-13(2)22-18)19(27)26(20(25)28)12-8-7-11-15-23-17(24-29-15)14-9-5-4-6-10-14/h4-6,9-10H,3,7-8,11-12H2,1-2H3,(H,21,22). The van der Waals surface area contributed by atoms with Crippen molar-refractivity contribution in [1.29, 1.82) is 0 Å². The zero-order chi connectivity index (χ0) is 20.4. The van der Waals surface area contributed by atoms with Crippen molar-refractivity contribution < 1.29 is 4.52 Å². The monoisotopic (exact) mass is 394 g/mol. The normalized spacial score (nSPS) is 11.4. The van der Waals surface area contributed by atoms with E-state index >= 15 is 0 Å². The lowest BCUT2D eigenvalue weighted by molar-refractivity contribution is 0.372. The van der Waals surface area contributed by atoms with Gasteiger partial charge in [0, 0.05) is 25.1 Å². The summed E-state index contributed by atoms with van der Waals surface area (Å²) in [7, 11) is 0. The Bertz CT molecular complexity index is 1250. The van der Waals surface area contributed by atoms with Crippen molar-refractivity contribution in [1.82, 2.24) is 29.2 Å². The van der Waals surface area contributed by atoms with Crippen LogP contribution < -0.4 is 11.2 Å². The van der Waals surface area contributed by atoms with E-state index in [4.69, 9.17) is 4.52 Å². The molecule has 0 bridgehead atoms. The van der Waals surface area contributed by atoms with Gasteiger partial charge in [0.05, 0.1) is 0 Å². The van der Waals surface area contributed by atoms with Crippen molar-refractivity contribution in [2.24, 2.45) is 0 Å². The Labute approximate surface area is 166 Å². The van der Waals surface area contributed by atoms with Crippen LogP contribution in [0.3, 0.4) is 0 Å². The van der Waals surface area contributed by atoms with E-state index in [1.54, 1.807) is 6.92 Å². The lowest BCUT2D eigenvalue weighted by Crippen LogP contribution is -2.40. The number of aromatic amines is 1. The van der Waals surface area contributed by atoms with Crippen LogP contribution >= 0.6 is 0 Å². The van der Waals surface area contributed by atoms with Gasteiger partial charge in [0.25, 0.3) is 5.56 Å². The SMILES string of the molecule is CCn1c(=O)n(CCCCc2nc(-c3ccccc3)no2)c(=O)c2[nH]c(C)nc21. The maximum atomic E-state index is 12.7. The molecule has 1 aromatic carbocycles. The molecule has 4 aromatic rings. The molecule has 3 heterocycles. The highest BCUT2D eigenvalue weighted by Crippen LogP contribution is 2.15. The molecule has 0 unspecified atom stereocenters. The van der Waals surface area contributed by atoms with E-state index in [0.29, 0.717) is 61.1 Å². The molecular weight excluding hydrogens is 372 g/mol. The van der Waals surface area contributed by atoms with Gasteiger partial charge in [-0.05, 0) is 26.7 Å². The molecule has 0 fully saturated rings. The third kappa shape index (κ3) is 3.63. The molecule has 0 radical (unpaired) electrons. The fourth-order valence-electron chi connectivity index (χ4n) is 3.37. The smallest absolute Gasteiger partial charge is 0.332 e. The Balaban J connectivity index is 1.45. The molecule has 0 saturated heterocycles. The number of nitrogens with zero attached hydrogens (tertiary/aromatic N) is 5. The van der Waals surface area contributed by atoms with Gasteiger partial charge in [0.15, 0.2) is 5.65 Å². The number of H-pyrrole nitrogens is 1. The first-order valence-electron chi connectivity index (χ1n) is 9.66. The van der Waals surface area contributed by atoms with E-state index in [-0.39, 0.29) is 11.2 Å². The predicted octanol–water partition coefficient (Wildman–Crippen LogP) is 2.29. The molecule has 0 atom stereocenters. The van der Waals surface area contributed by atoms with Gasteiger partial charge in [-0.25, -0.2) is 9.78 Å². The minimum absolute atomic E-state index is 0.325. The second-order valence-corrected chi connectivity index (χ2v) is 6.84. The van der Waals surface area contributed by atoms with Crippen LogP contribution in [0.2, 0.25) is 0 Å². The molecule has 0 saturated carbocycles. The summed E-state index contributed by atoms with van der Waals surface area (Å²) in [5, 5.41) is 4.00. The topological polar surface area (TPSA) is 112 Å². The van der Waals surface area contributed by atoms with E-state index in [9.17, 15) is 9.59 Å². The molecule has 9 heteroatoms. The third-order valence-electron chi connectivity index (χ3n) is 4.82. The largest absolute Gasteiger partial charge is 0.339 e. The van der Waals surface area contributed by atoms with Crippen LogP contribution in [0, 0.1) is 6.92 Å². The summed E-state index contributed by atoms with van der Waals surface area (Å²) >= 11 is 0. The molecule has 3 aromatic heterocycles. The fourth-order valence-corrected chi connectivity index (χ4v) is 3.37. The second kappa shape index (κ2) is 7.86. The summed E-state index contributed by atoms with van der Waals surface area (Å²) in [4.78, 5) is 37.0. The summed E-state index contributed by atoms with van der Waals surface area (Å²) in [5.41, 5.74) is 1.02. The summed E-state index contributed by atoms with van der Waals surface area (Å²) < 4.78 is 8.10. The molecule has 9 nitrogen and oxygen atoms in total. The van der Waals surface area contributed by atoms with Crippen molar-refractivity contribution in [3.8, 4) is 11.4 Å². The van der Waals surface area contributed by atoms with Gasteiger partial charge in [-0.1, -0.05) is 35.5 Å². The number of aromatic nitrogens is 6. The van der Waals surface area contributed by atoms with Crippen LogP contribution in [0.1, 0.15) is 31.5 Å². The van der Waals surface area contributed by atoms with Crippen molar-refractivity contribution in [2.75, 3.05) is 0 Å². The summed E-state index contributed by atoms with van der Waals surface area (Å²) in [6, 6.07) is 9.62. The second-order valence-electron chi connectivity index (χ2n) is 6.84. The number of fused-ring (bicyclic) bond motifs is 1. The van der Waals surface area contributed by atoms with Gasteiger partial charge in [0.2, 0.25) is 11.7 Å². The average Bonchev–Trinajstić information content (AvgIpc) is 3.35. The molecule has 4 rings (SSSR count). The van der Waals surface area contributed by atoms with E-state index in [0.717, 1.165) is 5.56 Å². The number of hydrogen-bond donors (Lipinski definition) is 1. The van der Waals surface area contributed by atoms with Crippen LogP contribution in [0.25, 0.3) is 22.6 Å². The maximum absolute atomic E-state index is 12.7. The van der Waals surface area contributed by atoms with E-state index in [1.165, 1.54) is 9.13 Å². The first-order chi connectivity index (χ1) is 14.1. The quantitative estimate of drug-likeness (QED) is 0.481. The number of benzene rings is 1. The Kier molecular flexibility index (Phi) is 5.11. The summed E-state index contributed by atoms with van der Waals surface area (Å²) in [6.07, 6.45) is 1.94. The Hall–Kier alpha value is -3.49. The van der Waals surface area contributed by atoms with Crippen LogP contribution in [-0.4, -0.2) is 29.2 Å². The maximum Gasteiger partial charge on any atom is 0.332 e.